The highest BCUT2D eigenvalue weighted by atomic mass is 16.7. The van der Waals surface area contributed by atoms with Crippen LogP contribution in [0, 0.1) is 0 Å². The average molecular weight is 490 g/mol. The normalized spacial score (nSPS) is 12.6. The van der Waals surface area contributed by atoms with Gasteiger partial charge in [0.05, 0.1) is 7.11 Å². The summed E-state index contributed by atoms with van der Waals surface area (Å²) in [5.41, 5.74) is 3.82. The lowest BCUT2D eigenvalue weighted by molar-refractivity contribution is -0.179. The largest absolute Gasteiger partial charge is 0.479 e. The van der Waals surface area contributed by atoms with Crippen LogP contribution in [0.25, 0.3) is 0 Å². The number of carboxylic acids is 1. The minimum Gasteiger partial charge on any atom is -0.479 e. The summed E-state index contributed by atoms with van der Waals surface area (Å²) in [6.07, 6.45) is -1.52. The summed E-state index contributed by atoms with van der Waals surface area (Å²) in [7, 11) is 13.9. The average Bonchev–Trinajstić information content (AvgIpc) is 2.81. The molecule has 0 fully saturated rings. The van der Waals surface area contributed by atoms with Gasteiger partial charge >= 0.3 is 5.97 Å². The number of aliphatic carboxylic acids is 1. The van der Waals surface area contributed by atoms with Crippen molar-refractivity contribution >= 4 is 11.9 Å². The van der Waals surface area contributed by atoms with Crippen molar-refractivity contribution in [2.45, 2.75) is 25.3 Å². The third kappa shape index (κ3) is 10.1. The Morgan fingerprint density at radius 3 is 1.37 bits per heavy atom. The van der Waals surface area contributed by atoms with Crippen LogP contribution in [-0.4, -0.2) is 88.4 Å². The fourth-order valence-corrected chi connectivity index (χ4v) is 3.34. The molecule has 2 aromatic rings. The summed E-state index contributed by atoms with van der Waals surface area (Å²) in [6, 6.07) is 15.3. The maximum absolute atomic E-state index is 12.0. The molecular formula is C26H39N3O6. The van der Waals surface area contributed by atoms with Crippen LogP contribution in [0.3, 0.4) is 0 Å². The van der Waals surface area contributed by atoms with Crippen LogP contribution in [0.15, 0.2) is 48.5 Å². The van der Waals surface area contributed by atoms with Gasteiger partial charge in [0.1, 0.15) is 0 Å². The zero-order chi connectivity index (χ0) is 26.5. The molecule has 2 rings (SSSR count). The highest BCUT2D eigenvalue weighted by molar-refractivity contribution is 5.81. The molecule has 0 heterocycles. The van der Waals surface area contributed by atoms with E-state index in [9.17, 15) is 9.59 Å². The number of nitrogens with zero attached hydrogens (tertiary/aromatic N) is 3. The Morgan fingerprint density at radius 1 is 0.714 bits per heavy atom. The fraction of sp³-hybridized carbons (Fsp3) is 0.462. The van der Waals surface area contributed by atoms with E-state index in [1.807, 2.05) is 64.6 Å². The van der Waals surface area contributed by atoms with Crippen molar-refractivity contribution in [3.63, 3.8) is 0 Å². The number of hydrogen-bond donors (Lipinski definition) is 1. The molecule has 1 N–H and O–H groups in total. The maximum Gasteiger partial charge on any atom is 0.337 e. The number of rotatable bonds is 11. The van der Waals surface area contributed by atoms with Crippen molar-refractivity contribution in [2.24, 2.45) is 0 Å². The number of carbonyl (C=O) groups is 2. The molecule has 35 heavy (non-hydrogen) atoms. The molecule has 2 unspecified atom stereocenters. The Kier molecular flexibility index (Phi) is 13.1. The molecular weight excluding hydrogens is 450 g/mol. The van der Waals surface area contributed by atoms with Crippen LogP contribution in [0.5, 0.6) is 0 Å². The topological polar surface area (TPSA) is 91.8 Å². The SMILES string of the molecule is COC(C(=O)N(C)OC)c1ccc(CN(C)C)cc1.COC(C(=O)O)c1ccc(CN(C)C)cc1. The van der Waals surface area contributed by atoms with Gasteiger partial charge in [0.25, 0.3) is 5.91 Å². The van der Waals surface area contributed by atoms with E-state index in [1.54, 1.807) is 19.2 Å². The lowest BCUT2D eigenvalue weighted by Gasteiger charge is -2.21. The Bertz CT molecular complexity index is 900. The number of benzene rings is 2. The van der Waals surface area contributed by atoms with Gasteiger partial charge in [0.15, 0.2) is 12.2 Å². The molecule has 194 valence electrons. The summed E-state index contributed by atoms with van der Waals surface area (Å²) in [5.74, 6) is -1.20. The molecule has 0 aliphatic heterocycles. The Hall–Kier alpha value is -2.82. The zero-order valence-electron chi connectivity index (χ0n) is 22.0. The lowest BCUT2D eigenvalue weighted by Crippen LogP contribution is -2.31. The number of methoxy groups -OCH3 is 2. The van der Waals surface area contributed by atoms with Gasteiger partial charge in [-0.05, 0) is 50.4 Å². The molecule has 0 saturated heterocycles. The number of carboxylic acid groups (broad SMARTS) is 1. The van der Waals surface area contributed by atoms with Gasteiger partial charge in [-0.2, -0.15) is 0 Å². The Morgan fingerprint density at radius 2 is 1.09 bits per heavy atom. The van der Waals surface area contributed by atoms with E-state index in [1.165, 1.54) is 32.0 Å². The number of hydrogen-bond acceptors (Lipinski definition) is 7. The molecule has 2 aromatic carbocycles. The fourth-order valence-electron chi connectivity index (χ4n) is 3.34. The molecule has 0 spiro atoms. The van der Waals surface area contributed by atoms with Crippen molar-refractivity contribution in [3.8, 4) is 0 Å². The van der Waals surface area contributed by atoms with Gasteiger partial charge in [-0.3, -0.25) is 9.63 Å². The van der Waals surface area contributed by atoms with Crippen LogP contribution in [0.4, 0.5) is 0 Å². The summed E-state index contributed by atoms with van der Waals surface area (Å²) in [5, 5.41) is 10.1. The minimum atomic E-state index is -0.970. The quantitative estimate of drug-likeness (QED) is 0.482. The molecule has 1 amide bonds. The highest BCUT2D eigenvalue weighted by Gasteiger charge is 2.23. The standard InChI is InChI=1S/C14H22N2O3.C12H17NO3/c1-15(2)10-11-6-8-12(9-7-11)13(18-4)14(17)16(3)19-5;1-13(2)8-9-4-6-10(7-5-9)11(16-3)12(14)15/h6-9,13H,10H2,1-5H3;4-7,11H,8H2,1-3H3,(H,14,15). The molecule has 0 aliphatic carbocycles. The summed E-state index contributed by atoms with van der Waals surface area (Å²) in [4.78, 5) is 31.9. The van der Waals surface area contributed by atoms with E-state index in [0.717, 1.165) is 24.2 Å². The molecule has 2 atom stereocenters. The first-order valence-electron chi connectivity index (χ1n) is 11.1. The Labute approximate surface area is 208 Å². The van der Waals surface area contributed by atoms with E-state index in [4.69, 9.17) is 19.4 Å². The van der Waals surface area contributed by atoms with Gasteiger partial charge in [-0.25, -0.2) is 9.86 Å². The van der Waals surface area contributed by atoms with Crippen molar-refractivity contribution in [1.82, 2.24) is 14.9 Å². The van der Waals surface area contributed by atoms with Crippen LogP contribution in [0.1, 0.15) is 34.5 Å². The first-order valence-corrected chi connectivity index (χ1v) is 11.1. The van der Waals surface area contributed by atoms with Crippen LogP contribution in [-0.2, 0) is 37.0 Å². The molecule has 0 radical (unpaired) electrons. The second-order valence-electron chi connectivity index (χ2n) is 8.55. The monoisotopic (exact) mass is 489 g/mol. The van der Waals surface area contributed by atoms with Gasteiger partial charge < -0.3 is 24.4 Å². The molecule has 0 aliphatic rings. The second kappa shape index (κ2) is 15.2. The van der Waals surface area contributed by atoms with E-state index in [-0.39, 0.29) is 5.91 Å². The van der Waals surface area contributed by atoms with Crippen LogP contribution < -0.4 is 0 Å². The van der Waals surface area contributed by atoms with E-state index >= 15 is 0 Å². The first kappa shape index (κ1) is 30.2. The van der Waals surface area contributed by atoms with E-state index in [0.29, 0.717) is 5.56 Å². The third-order valence-corrected chi connectivity index (χ3v) is 5.07. The van der Waals surface area contributed by atoms with Gasteiger partial charge in [0.2, 0.25) is 0 Å². The number of amides is 1. The predicted molar refractivity (Wildman–Crippen MR) is 135 cm³/mol. The molecule has 0 saturated carbocycles. The minimum absolute atomic E-state index is 0.231. The number of ether oxygens (including phenoxy) is 2. The summed E-state index contributed by atoms with van der Waals surface area (Å²) in [6.45, 7) is 1.70. The maximum atomic E-state index is 12.0. The van der Waals surface area contributed by atoms with Gasteiger partial charge in [0, 0.05) is 34.4 Å². The smallest absolute Gasteiger partial charge is 0.337 e. The van der Waals surface area contributed by atoms with Crippen molar-refractivity contribution in [2.75, 3.05) is 56.6 Å². The highest BCUT2D eigenvalue weighted by Crippen LogP contribution is 2.20. The second-order valence-corrected chi connectivity index (χ2v) is 8.55. The molecule has 9 nitrogen and oxygen atoms in total. The predicted octanol–water partition coefficient (Wildman–Crippen LogP) is 2.98. The zero-order valence-corrected chi connectivity index (χ0v) is 22.0. The van der Waals surface area contributed by atoms with Gasteiger partial charge in [-0.15, -0.1) is 0 Å². The number of likely N-dealkylation sites (N-methyl/N-ethyl adjacent to an activating group) is 1. The van der Waals surface area contributed by atoms with Crippen molar-refractivity contribution in [3.05, 3.63) is 70.8 Å². The van der Waals surface area contributed by atoms with E-state index < -0.39 is 18.2 Å². The van der Waals surface area contributed by atoms with Crippen LogP contribution in [0.2, 0.25) is 0 Å². The van der Waals surface area contributed by atoms with Crippen LogP contribution >= 0.6 is 0 Å². The number of hydroxylamine groups is 2. The number of carbonyl (C=O) groups excluding carboxylic acids is 1. The molecule has 0 bridgehead atoms. The molecule has 0 aromatic heterocycles. The summed E-state index contributed by atoms with van der Waals surface area (Å²) < 4.78 is 10.2. The van der Waals surface area contributed by atoms with Gasteiger partial charge in [-0.1, -0.05) is 48.5 Å². The first-order chi connectivity index (χ1) is 16.5. The third-order valence-electron chi connectivity index (χ3n) is 5.07. The van der Waals surface area contributed by atoms with E-state index in [2.05, 4.69) is 9.80 Å². The Balaban J connectivity index is 0.000000355. The summed E-state index contributed by atoms with van der Waals surface area (Å²) >= 11 is 0. The van der Waals surface area contributed by atoms with Crippen molar-refractivity contribution < 1.29 is 29.0 Å². The molecule has 9 heteroatoms. The van der Waals surface area contributed by atoms with Crippen molar-refractivity contribution in [1.29, 1.82) is 0 Å². The lowest BCUT2D eigenvalue weighted by atomic mass is 10.1.